The fourth-order valence-electron chi connectivity index (χ4n) is 1.55. The summed E-state index contributed by atoms with van der Waals surface area (Å²) in [4.78, 5) is 14.7. The summed E-state index contributed by atoms with van der Waals surface area (Å²) in [7, 11) is 0. The standard InChI is InChI=1S/C10H9NO2/c12-6-9-7-2-1-3-10(13)8(7)4-5-11-9/h1-3,6,13H,4-5H2. The maximum Gasteiger partial charge on any atom is 0.168 e. The minimum atomic E-state index is 0.256. The average Bonchev–Trinajstić information content (AvgIpc) is 2.18. The van der Waals surface area contributed by atoms with Gasteiger partial charge in [0.15, 0.2) is 6.29 Å². The Morgan fingerprint density at radius 1 is 1.46 bits per heavy atom. The zero-order valence-electron chi connectivity index (χ0n) is 7.03. The van der Waals surface area contributed by atoms with Crippen molar-refractivity contribution >= 4 is 12.0 Å². The third-order valence-electron chi connectivity index (χ3n) is 2.18. The Morgan fingerprint density at radius 2 is 2.31 bits per heavy atom. The number of nitrogens with zero attached hydrogens (tertiary/aromatic N) is 1. The van der Waals surface area contributed by atoms with Gasteiger partial charge in [0.05, 0.1) is 0 Å². The number of aromatic hydroxyl groups is 1. The third kappa shape index (κ3) is 1.22. The Labute approximate surface area is 75.7 Å². The van der Waals surface area contributed by atoms with Crippen molar-refractivity contribution < 1.29 is 9.90 Å². The van der Waals surface area contributed by atoms with Gasteiger partial charge in [-0.1, -0.05) is 12.1 Å². The van der Waals surface area contributed by atoms with E-state index < -0.39 is 0 Å². The van der Waals surface area contributed by atoms with Gasteiger partial charge in [-0.25, -0.2) is 0 Å². The van der Waals surface area contributed by atoms with Crippen LogP contribution in [0.4, 0.5) is 0 Å². The number of benzene rings is 1. The number of hydrogen-bond acceptors (Lipinski definition) is 3. The molecule has 3 heteroatoms. The first-order valence-corrected chi connectivity index (χ1v) is 4.14. The van der Waals surface area contributed by atoms with Crippen molar-refractivity contribution in [3.05, 3.63) is 29.3 Å². The van der Waals surface area contributed by atoms with E-state index in [9.17, 15) is 9.90 Å². The number of hydrogen-bond donors (Lipinski definition) is 1. The van der Waals surface area contributed by atoms with Crippen LogP contribution in [0.3, 0.4) is 0 Å². The molecule has 0 radical (unpaired) electrons. The van der Waals surface area contributed by atoms with E-state index in [1.165, 1.54) is 0 Å². The molecule has 0 fully saturated rings. The Bertz CT molecular complexity index is 383. The van der Waals surface area contributed by atoms with Gasteiger partial charge in [0.1, 0.15) is 11.5 Å². The van der Waals surface area contributed by atoms with E-state index >= 15 is 0 Å². The summed E-state index contributed by atoms with van der Waals surface area (Å²) in [6.07, 6.45) is 1.44. The molecular formula is C10H9NO2. The number of phenols is 1. The van der Waals surface area contributed by atoms with E-state index in [0.717, 1.165) is 17.4 Å². The quantitative estimate of drug-likeness (QED) is 0.645. The smallest absolute Gasteiger partial charge is 0.168 e. The SMILES string of the molecule is O=CC1=NCCc2c(O)cccc21. The van der Waals surface area contributed by atoms with Crippen molar-refractivity contribution in [3.8, 4) is 5.75 Å². The van der Waals surface area contributed by atoms with Gasteiger partial charge in [-0.3, -0.25) is 9.79 Å². The van der Waals surface area contributed by atoms with Crippen LogP contribution in [0.5, 0.6) is 5.75 Å². The number of aldehydes is 1. The van der Waals surface area contributed by atoms with Gasteiger partial charge in [0, 0.05) is 17.7 Å². The van der Waals surface area contributed by atoms with Gasteiger partial charge >= 0.3 is 0 Å². The van der Waals surface area contributed by atoms with Crippen LogP contribution in [0.1, 0.15) is 11.1 Å². The summed E-state index contributed by atoms with van der Waals surface area (Å²) in [5.74, 6) is 0.256. The first-order chi connectivity index (χ1) is 6.33. The lowest BCUT2D eigenvalue weighted by molar-refractivity contribution is -0.102. The molecule has 66 valence electrons. The molecule has 0 saturated heterocycles. The lowest BCUT2D eigenvalue weighted by Crippen LogP contribution is -2.13. The third-order valence-corrected chi connectivity index (χ3v) is 2.18. The van der Waals surface area contributed by atoms with Gasteiger partial charge in [-0.05, 0) is 12.5 Å². The van der Waals surface area contributed by atoms with Crippen LogP contribution in [0, 0.1) is 0 Å². The van der Waals surface area contributed by atoms with E-state index in [-0.39, 0.29) is 5.75 Å². The van der Waals surface area contributed by atoms with Gasteiger partial charge in [-0.15, -0.1) is 0 Å². The van der Waals surface area contributed by atoms with Crippen molar-refractivity contribution in [2.24, 2.45) is 4.99 Å². The molecule has 0 bridgehead atoms. The first kappa shape index (κ1) is 7.98. The Balaban J connectivity index is 2.61. The predicted molar refractivity (Wildman–Crippen MR) is 49.3 cm³/mol. The van der Waals surface area contributed by atoms with Crippen molar-refractivity contribution in [3.63, 3.8) is 0 Å². The summed E-state index contributed by atoms with van der Waals surface area (Å²) in [6, 6.07) is 5.16. The molecular weight excluding hydrogens is 166 g/mol. The van der Waals surface area contributed by atoms with E-state index in [4.69, 9.17) is 0 Å². The molecule has 1 aromatic carbocycles. The van der Waals surface area contributed by atoms with Crippen molar-refractivity contribution in [1.29, 1.82) is 0 Å². The predicted octanol–water partition coefficient (Wildman–Crippen LogP) is 0.936. The molecule has 13 heavy (non-hydrogen) atoms. The van der Waals surface area contributed by atoms with E-state index in [1.54, 1.807) is 18.2 Å². The van der Waals surface area contributed by atoms with Crippen LogP contribution < -0.4 is 0 Å². The number of fused-ring (bicyclic) bond motifs is 1. The van der Waals surface area contributed by atoms with E-state index in [0.29, 0.717) is 18.7 Å². The molecule has 1 heterocycles. The monoisotopic (exact) mass is 175 g/mol. The highest BCUT2D eigenvalue weighted by Crippen LogP contribution is 2.24. The largest absolute Gasteiger partial charge is 0.508 e. The summed E-state index contributed by atoms with van der Waals surface area (Å²) >= 11 is 0. The molecule has 2 rings (SSSR count). The molecule has 0 aliphatic carbocycles. The highest BCUT2D eigenvalue weighted by Gasteiger charge is 2.15. The maximum absolute atomic E-state index is 10.6. The Morgan fingerprint density at radius 3 is 3.08 bits per heavy atom. The lowest BCUT2D eigenvalue weighted by Gasteiger charge is -2.13. The maximum atomic E-state index is 10.6. The van der Waals surface area contributed by atoms with E-state index in [2.05, 4.69) is 4.99 Å². The normalized spacial score (nSPS) is 14.6. The molecule has 0 spiro atoms. The minimum Gasteiger partial charge on any atom is -0.508 e. The zero-order valence-corrected chi connectivity index (χ0v) is 7.03. The van der Waals surface area contributed by atoms with Crippen molar-refractivity contribution in [2.45, 2.75) is 6.42 Å². The molecule has 0 atom stereocenters. The number of phenolic OH excluding ortho intramolecular Hbond substituents is 1. The summed E-state index contributed by atoms with van der Waals surface area (Å²) in [6.45, 7) is 0.582. The fourth-order valence-corrected chi connectivity index (χ4v) is 1.55. The highest BCUT2D eigenvalue weighted by atomic mass is 16.3. The Kier molecular flexibility index (Phi) is 1.85. The minimum absolute atomic E-state index is 0.256. The van der Waals surface area contributed by atoms with Crippen LogP contribution in [-0.2, 0) is 11.2 Å². The molecule has 1 aliphatic heterocycles. The molecule has 0 saturated carbocycles. The van der Waals surface area contributed by atoms with E-state index in [1.807, 2.05) is 0 Å². The van der Waals surface area contributed by atoms with Crippen molar-refractivity contribution in [2.75, 3.05) is 6.54 Å². The second-order valence-electron chi connectivity index (χ2n) is 2.94. The summed E-state index contributed by atoms with van der Waals surface area (Å²) < 4.78 is 0. The second-order valence-corrected chi connectivity index (χ2v) is 2.94. The first-order valence-electron chi connectivity index (χ1n) is 4.14. The van der Waals surface area contributed by atoms with Crippen LogP contribution in [0.15, 0.2) is 23.2 Å². The zero-order chi connectivity index (χ0) is 9.26. The molecule has 3 nitrogen and oxygen atoms in total. The van der Waals surface area contributed by atoms with Gasteiger partial charge in [0.25, 0.3) is 0 Å². The topological polar surface area (TPSA) is 49.7 Å². The lowest BCUT2D eigenvalue weighted by atomic mass is 9.97. The van der Waals surface area contributed by atoms with Crippen molar-refractivity contribution in [1.82, 2.24) is 0 Å². The molecule has 0 unspecified atom stereocenters. The fraction of sp³-hybridized carbons (Fsp3) is 0.200. The average molecular weight is 175 g/mol. The molecule has 0 aromatic heterocycles. The number of aliphatic imine (C=N–C) groups is 1. The van der Waals surface area contributed by atoms with Gasteiger partial charge in [-0.2, -0.15) is 0 Å². The summed E-state index contributed by atoms with van der Waals surface area (Å²) in [5.41, 5.74) is 2.04. The van der Waals surface area contributed by atoms with Crippen LogP contribution in [0.2, 0.25) is 0 Å². The van der Waals surface area contributed by atoms with Crippen LogP contribution in [0.25, 0.3) is 0 Å². The number of carbonyl (C=O) groups is 1. The molecule has 1 aliphatic rings. The molecule has 0 amide bonds. The molecule has 1 aromatic rings. The van der Waals surface area contributed by atoms with Crippen LogP contribution in [-0.4, -0.2) is 23.6 Å². The number of carbonyl (C=O) groups excluding carboxylic acids is 1. The highest BCUT2D eigenvalue weighted by molar-refractivity contribution is 6.37. The summed E-state index contributed by atoms with van der Waals surface area (Å²) in [5, 5.41) is 9.50. The van der Waals surface area contributed by atoms with Gasteiger partial charge in [0.2, 0.25) is 0 Å². The number of rotatable bonds is 1. The van der Waals surface area contributed by atoms with Crippen LogP contribution >= 0.6 is 0 Å². The Hall–Kier alpha value is -1.64. The molecule has 1 N–H and O–H groups in total. The second kappa shape index (κ2) is 3.01. The van der Waals surface area contributed by atoms with Gasteiger partial charge < -0.3 is 5.11 Å².